The lowest BCUT2D eigenvalue weighted by Crippen LogP contribution is -2.02. The predicted molar refractivity (Wildman–Crippen MR) is 103 cm³/mol. The number of hydrogen-bond acceptors (Lipinski definition) is 5. The molecule has 0 spiro atoms. The van der Waals surface area contributed by atoms with Crippen molar-refractivity contribution >= 4 is 29.1 Å². The molecule has 0 fully saturated rings. The van der Waals surface area contributed by atoms with E-state index < -0.39 is 0 Å². The Kier molecular flexibility index (Phi) is 6.30. The zero-order valence-electron chi connectivity index (χ0n) is 14.2. The Morgan fingerprint density at radius 3 is 2.58 bits per heavy atom. The molecule has 0 aliphatic rings. The van der Waals surface area contributed by atoms with Crippen molar-refractivity contribution in [1.82, 2.24) is 15.2 Å². The Balaban J connectivity index is 1.49. The number of hydrogen-bond donors (Lipinski definition) is 1. The molecule has 3 aromatic rings. The number of benzene rings is 2. The van der Waals surface area contributed by atoms with Crippen LogP contribution in [0.3, 0.4) is 0 Å². The number of carbonyl (C=O) groups excluding carboxylic acids is 1. The van der Waals surface area contributed by atoms with Gasteiger partial charge < -0.3 is 4.74 Å². The number of Topliss-reactive ketones (excluding diaryl/α,β-unsaturated/α-hetero) is 1. The fourth-order valence-corrected chi connectivity index (χ4v) is 3.07. The topological polar surface area (TPSA) is 67.9 Å². The summed E-state index contributed by atoms with van der Waals surface area (Å²) in [5.41, 5.74) is 1.92. The third-order valence-corrected chi connectivity index (χ3v) is 4.82. The molecule has 134 valence electrons. The second-order valence-electron chi connectivity index (χ2n) is 5.57. The summed E-state index contributed by atoms with van der Waals surface area (Å²) < 4.78 is 5.61. The van der Waals surface area contributed by atoms with Gasteiger partial charge in [-0.3, -0.25) is 9.89 Å². The molecule has 0 aliphatic carbocycles. The molecule has 0 unspecified atom stereocenters. The number of carbonyl (C=O) groups is 1. The number of aryl methyl sites for hydroxylation is 1. The zero-order chi connectivity index (χ0) is 18.4. The van der Waals surface area contributed by atoms with E-state index in [2.05, 4.69) is 22.1 Å². The smallest absolute Gasteiger partial charge is 0.208 e. The fourth-order valence-electron chi connectivity index (χ4n) is 2.23. The summed E-state index contributed by atoms with van der Waals surface area (Å²) in [6.45, 7) is 2.35. The van der Waals surface area contributed by atoms with Gasteiger partial charge in [0.2, 0.25) is 5.16 Å². The highest BCUT2D eigenvalue weighted by molar-refractivity contribution is 7.99. The van der Waals surface area contributed by atoms with Crippen molar-refractivity contribution in [3.8, 4) is 5.75 Å². The lowest BCUT2D eigenvalue weighted by molar-refractivity contribution is 0.102. The normalized spacial score (nSPS) is 10.7. The minimum Gasteiger partial charge on any atom is -0.486 e. The Morgan fingerprint density at radius 2 is 1.88 bits per heavy atom. The van der Waals surface area contributed by atoms with Crippen LogP contribution in [0.1, 0.15) is 28.7 Å². The van der Waals surface area contributed by atoms with Gasteiger partial charge in [0.15, 0.2) is 11.6 Å². The molecule has 0 radical (unpaired) electrons. The third kappa shape index (κ3) is 5.09. The average Bonchev–Trinajstić information content (AvgIpc) is 3.13. The first kappa shape index (κ1) is 18.5. The van der Waals surface area contributed by atoms with E-state index >= 15 is 0 Å². The molecule has 0 atom stereocenters. The number of rotatable bonds is 8. The monoisotopic (exact) mass is 387 g/mol. The maximum atomic E-state index is 12.2. The van der Waals surface area contributed by atoms with Crippen molar-refractivity contribution in [2.45, 2.75) is 25.1 Å². The second-order valence-corrected chi connectivity index (χ2v) is 6.95. The van der Waals surface area contributed by atoms with E-state index in [0.29, 0.717) is 33.1 Å². The van der Waals surface area contributed by atoms with Gasteiger partial charge in [-0.1, -0.05) is 54.6 Å². The van der Waals surface area contributed by atoms with Crippen LogP contribution in [0, 0.1) is 0 Å². The number of ether oxygens (including phenoxy) is 1. The number of ketones is 1. The van der Waals surface area contributed by atoms with E-state index in [1.807, 2.05) is 24.3 Å². The van der Waals surface area contributed by atoms with E-state index in [1.165, 1.54) is 17.3 Å². The van der Waals surface area contributed by atoms with E-state index in [-0.39, 0.29) is 12.4 Å². The summed E-state index contributed by atoms with van der Waals surface area (Å²) in [7, 11) is 0. The first-order valence-electron chi connectivity index (χ1n) is 8.18. The van der Waals surface area contributed by atoms with Crippen molar-refractivity contribution in [2.75, 3.05) is 5.75 Å². The van der Waals surface area contributed by atoms with Crippen LogP contribution < -0.4 is 4.74 Å². The number of thioether (sulfide) groups is 1. The molecule has 1 N–H and O–H groups in total. The molecule has 1 aromatic heterocycles. The van der Waals surface area contributed by atoms with Crippen molar-refractivity contribution < 1.29 is 9.53 Å². The summed E-state index contributed by atoms with van der Waals surface area (Å²) in [5, 5.41) is 8.11. The number of H-pyrrole nitrogens is 1. The van der Waals surface area contributed by atoms with Crippen LogP contribution in [0.4, 0.5) is 0 Å². The van der Waals surface area contributed by atoms with Crippen LogP contribution in [0.15, 0.2) is 53.7 Å². The Bertz CT molecular complexity index is 863. The summed E-state index contributed by atoms with van der Waals surface area (Å²) in [6.07, 6.45) is 0.960. The Morgan fingerprint density at radius 1 is 1.15 bits per heavy atom. The van der Waals surface area contributed by atoms with Gasteiger partial charge in [0.25, 0.3) is 0 Å². The van der Waals surface area contributed by atoms with Crippen LogP contribution >= 0.6 is 23.4 Å². The van der Waals surface area contributed by atoms with Crippen LogP contribution in [0.5, 0.6) is 5.75 Å². The van der Waals surface area contributed by atoms with Crippen LogP contribution in [0.25, 0.3) is 0 Å². The highest BCUT2D eigenvalue weighted by Crippen LogP contribution is 2.18. The third-order valence-electron chi connectivity index (χ3n) is 3.72. The van der Waals surface area contributed by atoms with E-state index in [0.717, 1.165) is 6.42 Å². The van der Waals surface area contributed by atoms with Crippen LogP contribution in [0.2, 0.25) is 5.02 Å². The molecule has 0 saturated heterocycles. The molecule has 0 saturated carbocycles. The average molecular weight is 388 g/mol. The molecule has 0 aliphatic heterocycles. The van der Waals surface area contributed by atoms with Gasteiger partial charge in [0, 0.05) is 10.6 Å². The van der Waals surface area contributed by atoms with Gasteiger partial charge in [-0.15, -0.1) is 5.10 Å². The van der Waals surface area contributed by atoms with Crippen LogP contribution in [-0.4, -0.2) is 26.7 Å². The molecular formula is C19H18ClN3O2S. The quantitative estimate of drug-likeness (QED) is 0.452. The van der Waals surface area contributed by atoms with E-state index in [9.17, 15) is 4.79 Å². The number of nitrogens with one attached hydrogen (secondary N) is 1. The first-order chi connectivity index (χ1) is 12.6. The summed E-state index contributed by atoms with van der Waals surface area (Å²) in [5.74, 6) is 1.65. The fraction of sp³-hybridized carbons (Fsp3) is 0.211. The molecular weight excluding hydrogens is 370 g/mol. The SMILES string of the molecule is CCc1ccc(C(=O)CSc2n[nH]c(COc3ccc(Cl)cc3)n2)cc1. The first-order valence-corrected chi connectivity index (χ1v) is 9.55. The highest BCUT2D eigenvalue weighted by atomic mass is 35.5. The number of aromatic amines is 1. The summed E-state index contributed by atoms with van der Waals surface area (Å²) in [4.78, 5) is 16.6. The maximum Gasteiger partial charge on any atom is 0.208 e. The number of halogens is 1. The van der Waals surface area contributed by atoms with Crippen molar-refractivity contribution in [3.05, 3.63) is 70.5 Å². The lowest BCUT2D eigenvalue weighted by atomic mass is 10.1. The second kappa shape index (κ2) is 8.87. The largest absolute Gasteiger partial charge is 0.486 e. The van der Waals surface area contributed by atoms with E-state index in [1.54, 1.807) is 24.3 Å². The van der Waals surface area contributed by atoms with Gasteiger partial charge in [-0.05, 0) is 36.2 Å². The van der Waals surface area contributed by atoms with Crippen molar-refractivity contribution in [3.63, 3.8) is 0 Å². The number of nitrogens with zero attached hydrogens (tertiary/aromatic N) is 2. The van der Waals surface area contributed by atoms with Gasteiger partial charge in [-0.25, -0.2) is 4.98 Å². The Hall–Kier alpha value is -2.31. The molecule has 5 nitrogen and oxygen atoms in total. The maximum absolute atomic E-state index is 12.2. The molecule has 2 aromatic carbocycles. The van der Waals surface area contributed by atoms with Gasteiger partial charge in [-0.2, -0.15) is 0 Å². The van der Waals surface area contributed by atoms with E-state index in [4.69, 9.17) is 16.3 Å². The van der Waals surface area contributed by atoms with Gasteiger partial charge in [0.05, 0.1) is 5.75 Å². The Labute approximate surface area is 161 Å². The van der Waals surface area contributed by atoms with Crippen LogP contribution in [-0.2, 0) is 13.0 Å². The van der Waals surface area contributed by atoms with Crippen molar-refractivity contribution in [1.29, 1.82) is 0 Å². The predicted octanol–water partition coefficient (Wildman–Crippen LogP) is 4.57. The molecule has 7 heteroatoms. The van der Waals surface area contributed by atoms with Gasteiger partial charge >= 0.3 is 0 Å². The zero-order valence-corrected chi connectivity index (χ0v) is 15.8. The minimum absolute atomic E-state index is 0.0569. The number of aromatic nitrogens is 3. The standard InChI is InChI=1S/C19H18ClN3O2S/c1-2-13-3-5-14(6-4-13)17(24)12-26-19-21-18(22-23-19)11-25-16-9-7-15(20)8-10-16/h3-10H,2,11-12H2,1H3,(H,21,22,23). The molecule has 1 heterocycles. The molecule has 0 amide bonds. The lowest BCUT2D eigenvalue weighted by Gasteiger charge is -2.03. The summed E-state index contributed by atoms with van der Waals surface area (Å²) >= 11 is 7.14. The highest BCUT2D eigenvalue weighted by Gasteiger charge is 2.10. The molecule has 26 heavy (non-hydrogen) atoms. The van der Waals surface area contributed by atoms with Gasteiger partial charge in [0.1, 0.15) is 12.4 Å². The van der Waals surface area contributed by atoms with Crippen molar-refractivity contribution in [2.24, 2.45) is 0 Å². The molecule has 3 rings (SSSR count). The summed E-state index contributed by atoms with van der Waals surface area (Å²) in [6, 6.07) is 14.8. The minimum atomic E-state index is 0.0569. The molecule has 0 bridgehead atoms.